The summed E-state index contributed by atoms with van der Waals surface area (Å²) in [5, 5.41) is 17.1. The molecule has 98 valence electrons. The maximum atomic E-state index is 11.3. The van der Waals surface area contributed by atoms with Gasteiger partial charge >= 0.3 is 0 Å². The lowest BCUT2D eigenvalue weighted by Gasteiger charge is -1.98. The minimum absolute atomic E-state index is 0.163. The number of benzene rings is 2. The molecule has 0 heterocycles. The topological polar surface area (TPSA) is 79.1 Å². The van der Waals surface area contributed by atoms with Gasteiger partial charge in [-0.1, -0.05) is 0 Å². The summed E-state index contributed by atoms with van der Waals surface area (Å²) in [5.41, 5.74) is 1.16. The molecule has 2 aromatic rings. The third kappa shape index (κ3) is 3.62. The number of hydrogen-bond acceptors (Lipinski definition) is 5. The van der Waals surface area contributed by atoms with E-state index in [1.807, 2.05) is 0 Å². The molecule has 0 fully saturated rings. The predicted molar refractivity (Wildman–Crippen MR) is 71.8 cm³/mol. The van der Waals surface area contributed by atoms with Gasteiger partial charge in [-0.2, -0.15) is 10.2 Å². The van der Waals surface area contributed by atoms with E-state index in [-0.39, 0.29) is 10.6 Å². The first-order valence-electron chi connectivity index (χ1n) is 5.46. The Bertz CT molecular complexity index is 690. The smallest absolute Gasteiger partial charge is 0.175 e. The summed E-state index contributed by atoms with van der Waals surface area (Å²) in [6.45, 7) is 0. The summed E-state index contributed by atoms with van der Waals surface area (Å²) in [5.74, 6) is 0.163. The Hall–Kier alpha value is -2.21. The lowest BCUT2D eigenvalue weighted by Crippen LogP contribution is -1.95. The highest BCUT2D eigenvalue weighted by atomic mass is 32.2. The van der Waals surface area contributed by atoms with Crippen LogP contribution in [0.1, 0.15) is 0 Å². The van der Waals surface area contributed by atoms with Crippen molar-refractivity contribution >= 4 is 21.2 Å². The van der Waals surface area contributed by atoms with Crippen LogP contribution in [0.2, 0.25) is 0 Å². The second-order valence-corrected chi connectivity index (χ2v) is 6.00. The maximum absolute atomic E-state index is 11.3. The van der Waals surface area contributed by atoms with Gasteiger partial charge in [0.1, 0.15) is 5.75 Å². The fourth-order valence-corrected chi connectivity index (χ4v) is 2.03. The van der Waals surface area contributed by atoms with Crippen LogP contribution in [-0.2, 0) is 9.84 Å². The van der Waals surface area contributed by atoms with E-state index in [0.29, 0.717) is 11.4 Å². The highest BCUT2D eigenvalue weighted by molar-refractivity contribution is 7.90. The van der Waals surface area contributed by atoms with Crippen molar-refractivity contribution in [2.24, 2.45) is 10.2 Å². The van der Waals surface area contributed by atoms with Crippen molar-refractivity contribution in [2.75, 3.05) is 6.26 Å². The molecule has 0 aliphatic rings. The molecule has 0 atom stereocenters. The van der Waals surface area contributed by atoms with Crippen LogP contribution in [0.4, 0.5) is 11.4 Å². The Labute approximate surface area is 111 Å². The van der Waals surface area contributed by atoms with E-state index < -0.39 is 9.84 Å². The predicted octanol–water partition coefficient (Wildman–Crippen LogP) is 3.21. The van der Waals surface area contributed by atoms with E-state index in [0.717, 1.165) is 6.26 Å². The van der Waals surface area contributed by atoms with Crippen LogP contribution in [0, 0.1) is 0 Å². The summed E-state index contributed by atoms with van der Waals surface area (Å²) in [6, 6.07) is 12.4. The fraction of sp³-hybridized carbons (Fsp3) is 0.0769. The molecule has 0 aliphatic heterocycles. The first-order chi connectivity index (χ1) is 8.95. The van der Waals surface area contributed by atoms with Crippen molar-refractivity contribution in [1.29, 1.82) is 0 Å². The molecule has 19 heavy (non-hydrogen) atoms. The van der Waals surface area contributed by atoms with Gasteiger partial charge in [0.15, 0.2) is 9.84 Å². The van der Waals surface area contributed by atoms with Crippen LogP contribution in [0.3, 0.4) is 0 Å². The van der Waals surface area contributed by atoms with Gasteiger partial charge in [-0.15, -0.1) is 0 Å². The van der Waals surface area contributed by atoms with Gasteiger partial charge in [-0.3, -0.25) is 0 Å². The SMILES string of the molecule is CS(=O)(=O)c1ccc(/N=N/c2ccc(O)cc2)cc1. The molecule has 5 nitrogen and oxygen atoms in total. The van der Waals surface area contributed by atoms with Crippen LogP contribution in [0.15, 0.2) is 63.7 Å². The summed E-state index contributed by atoms with van der Waals surface area (Å²) in [7, 11) is -3.19. The third-order valence-corrected chi connectivity index (χ3v) is 3.52. The van der Waals surface area contributed by atoms with E-state index >= 15 is 0 Å². The second kappa shape index (κ2) is 5.19. The molecule has 0 saturated carbocycles. The average Bonchev–Trinajstić information content (AvgIpc) is 2.37. The molecule has 1 N–H and O–H groups in total. The van der Waals surface area contributed by atoms with E-state index in [4.69, 9.17) is 5.11 Å². The number of phenols is 1. The van der Waals surface area contributed by atoms with Crippen molar-refractivity contribution in [3.63, 3.8) is 0 Å². The third-order valence-electron chi connectivity index (χ3n) is 2.40. The van der Waals surface area contributed by atoms with Gasteiger partial charge < -0.3 is 5.11 Å². The lowest BCUT2D eigenvalue weighted by molar-refractivity contribution is 0.475. The number of phenolic OH excluding ortho intramolecular Hbond substituents is 1. The largest absolute Gasteiger partial charge is 0.508 e. The minimum Gasteiger partial charge on any atom is -0.508 e. The monoisotopic (exact) mass is 276 g/mol. The summed E-state index contributed by atoms with van der Waals surface area (Å²) in [4.78, 5) is 0.246. The molecule has 0 aromatic heterocycles. The van der Waals surface area contributed by atoms with Gasteiger partial charge in [-0.25, -0.2) is 8.42 Å². The Morgan fingerprint density at radius 1 is 0.842 bits per heavy atom. The molecular weight excluding hydrogens is 264 g/mol. The number of sulfone groups is 1. The molecule has 2 rings (SSSR count). The molecule has 6 heteroatoms. The number of azo groups is 1. The number of aromatic hydroxyl groups is 1. The molecular formula is C13H12N2O3S. The molecule has 0 radical (unpaired) electrons. The van der Waals surface area contributed by atoms with Gasteiger partial charge in [0, 0.05) is 6.26 Å². The van der Waals surface area contributed by atoms with E-state index in [1.54, 1.807) is 24.3 Å². The lowest BCUT2D eigenvalue weighted by atomic mass is 10.3. The summed E-state index contributed by atoms with van der Waals surface area (Å²) >= 11 is 0. The minimum atomic E-state index is -3.19. The summed E-state index contributed by atoms with van der Waals surface area (Å²) in [6.07, 6.45) is 1.15. The normalized spacial score (nSPS) is 11.8. The van der Waals surface area contributed by atoms with Crippen LogP contribution in [0.25, 0.3) is 0 Å². The van der Waals surface area contributed by atoms with Crippen molar-refractivity contribution in [1.82, 2.24) is 0 Å². The molecule has 0 aliphatic carbocycles. The first-order valence-corrected chi connectivity index (χ1v) is 7.35. The highest BCUT2D eigenvalue weighted by Gasteiger charge is 2.05. The Kier molecular flexibility index (Phi) is 3.62. The summed E-state index contributed by atoms with van der Waals surface area (Å²) < 4.78 is 22.6. The number of nitrogens with zero attached hydrogens (tertiary/aromatic N) is 2. The van der Waals surface area contributed by atoms with Crippen molar-refractivity contribution < 1.29 is 13.5 Å². The molecule has 0 amide bonds. The highest BCUT2D eigenvalue weighted by Crippen LogP contribution is 2.21. The zero-order chi connectivity index (χ0) is 13.9. The Balaban J connectivity index is 2.18. The van der Waals surface area contributed by atoms with E-state index in [1.165, 1.54) is 24.3 Å². The quantitative estimate of drug-likeness (QED) is 0.874. The van der Waals surface area contributed by atoms with Gasteiger partial charge in [0.05, 0.1) is 16.3 Å². The standard InChI is InChI=1S/C13H12N2O3S/c1-19(17,18)13-8-4-11(5-9-13)15-14-10-2-6-12(16)7-3-10/h2-9,16H,1H3/b15-14+. The van der Waals surface area contributed by atoms with Crippen molar-refractivity contribution in [3.05, 3.63) is 48.5 Å². The van der Waals surface area contributed by atoms with Gasteiger partial charge in [0.2, 0.25) is 0 Å². The van der Waals surface area contributed by atoms with E-state index in [9.17, 15) is 8.42 Å². The van der Waals surface area contributed by atoms with Crippen LogP contribution in [-0.4, -0.2) is 19.8 Å². The number of hydrogen-bond donors (Lipinski definition) is 1. The molecule has 0 unspecified atom stereocenters. The Morgan fingerprint density at radius 2 is 1.26 bits per heavy atom. The van der Waals surface area contributed by atoms with Crippen molar-refractivity contribution in [2.45, 2.75) is 4.90 Å². The number of rotatable bonds is 3. The van der Waals surface area contributed by atoms with Crippen LogP contribution >= 0.6 is 0 Å². The average molecular weight is 276 g/mol. The second-order valence-electron chi connectivity index (χ2n) is 3.98. The zero-order valence-electron chi connectivity index (χ0n) is 10.2. The Morgan fingerprint density at radius 3 is 1.68 bits per heavy atom. The first kappa shape index (κ1) is 13.2. The molecule has 0 spiro atoms. The zero-order valence-corrected chi connectivity index (χ0v) is 11.0. The van der Waals surface area contributed by atoms with Crippen LogP contribution < -0.4 is 0 Å². The van der Waals surface area contributed by atoms with Gasteiger partial charge in [0.25, 0.3) is 0 Å². The molecule has 0 saturated heterocycles. The van der Waals surface area contributed by atoms with Crippen molar-refractivity contribution in [3.8, 4) is 5.75 Å². The van der Waals surface area contributed by atoms with Gasteiger partial charge in [-0.05, 0) is 48.5 Å². The fourth-order valence-electron chi connectivity index (χ4n) is 1.39. The van der Waals surface area contributed by atoms with Crippen LogP contribution in [0.5, 0.6) is 5.75 Å². The molecule has 2 aromatic carbocycles. The maximum Gasteiger partial charge on any atom is 0.175 e. The molecule has 0 bridgehead atoms. The van der Waals surface area contributed by atoms with E-state index in [2.05, 4.69) is 10.2 Å².